The van der Waals surface area contributed by atoms with Gasteiger partial charge in [0.15, 0.2) is 0 Å². The van der Waals surface area contributed by atoms with Crippen LogP contribution in [0.25, 0.3) is 0 Å². The second kappa shape index (κ2) is 8.90. The zero-order valence-corrected chi connectivity index (χ0v) is 17.8. The van der Waals surface area contributed by atoms with Crippen molar-refractivity contribution in [3.05, 3.63) is 48.0 Å². The number of aryl methyl sites for hydroxylation is 1. The van der Waals surface area contributed by atoms with Crippen LogP contribution in [0.15, 0.2) is 36.7 Å². The van der Waals surface area contributed by atoms with Gasteiger partial charge >= 0.3 is 0 Å². The van der Waals surface area contributed by atoms with Gasteiger partial charge in [0.2, 0.25) is 5.91 Å². The van der Waals surface area contributed by atoms with Crippen LogP contribution in [0.4, 0.5) is 0 Å². The van der Waals surface area contributed by atoms with Crippen molar-refractivity contribution in [2.75, 3.05) is 20.1 Å². The Morgan fingerprint density at radius 2 is 1.83 bits per heavy atom. The van der Waals surface area contributed by atoms with Crippen molar-refractivity contribution in [3.63, 3.8) is 0 Å². The molecule has 2 heterocycles. The first-order valence-corrected chi connectivity index (χ1v) is 10.9. The largest absolute Gasteiger partial charge is 0.490 e. The van der Waals surface area contributed by atoms with Gasteiger partial charge in [-0.25, -0.2) is 4.98 Å². The van der Waals surface area contributed by atoms with Crippen molar-refractivity contribution >= 4 is 11.8 Å². The standard InChI is InChI=1S/C23H30N4O3/c1-3-26-15-12-24-21(26)16-25(2)22(28)17-6-8-19(9-7-17)30-20-10-13-27(14-11-20)23(29)18-4-5-18/h6-9,12,15,18,20H,3-5,10-11,13-14,16H2,1-2H3. The number of ether oxygens (including phenoxy) is 1. The van der Waals surface area contributed by atoms with E-state index in [1.165, 1.54) is 0 Å². The third-order valence-electron chi connectivity index (χ3n) is 5.95. The van der Waals surface area contributed by atoms with E-state index in [1.54, 1.807) is 18.1 Å². The van der Waals surface area contributed by atoms with E-state index < -0.39 is 0 Å². The molecular formula is C23H30N4O3. The Balaban J connectivity index is 1.28. The van der Waals surface area contributed by atoms with Gasteiger partial charge < -0.3 is 19.1 Å². The van der Waals surface area contributed by atoms with Crippen molar-refractivity contribution in [1.82, 2.24) is 19.4 Å². The van der Waals surface area contributed by atoms with Crippen LogP contribution >= 0.6 is 0 Å². The van der Waals surface area contributed by atoms with Gasteiger partial charge in [-0.3, -0.25) is 9.59 Å². The van der Waals surface area contributed by atoms with Gasteiger partial charge in [0.25, 0.3) is 5.91 Å². The van der Waals surface area contributed by atoms with Crippen LogP contribution in [-0.2, 0) is 17.9 Å². The van der Waals surface area contributed by atoms with Crippen LogP contribution in [-0.4, -0.2) is 57.4 Å². The minimum atomic E-state index is -0.0425. The molecule has 1 aromatic carbocycles. The molecule has 0 spiro atoms. The van der Waals surface area contributed by atoms with E-state index in [1.807, 2.05) is 39.9 Å². The van der Waals surface area contributed by atoms with Gasteiger partial charge in [0.05, 0.1) is 6.54 Å². The number of piperidine rings is 1. The van der Waals surface area contributed by atoms with Gasteiger partial charge in [-0.1, -0.05) is 0 Å². The second-order valence-corrected chi connectivity index (χ2v) is 8.23. The third-order valence-corrected chi connectivity index (χ3v) is 5.95. The van der Waals surface area contributed by atoms with Crippen LogP contribution in [0, 0.1) is 5.92 Å². The average Bonchev–Trinajstić information content (AvgIpc) is 3.53. The molecule has 0 unspecified atom stereocenters. The summed E-state index contributed by atoms with van der Waals surface area (Å²) >= 11 is 0. The van der Waals surface area contributed by atoms with Crippen LogP contribution in [0.3, 0.4) is 0 Å². The Morgan fingerprint density at radius 3 is 2.47 bits per heavy atom. The molecule has 0 N–H and O–H groups in total. The summed E-state index contributed by atoms with van der Waals surface area (Å²) in [6.45, 7) is 4.90. The molecule has 2 aliphatic rings. The van der Waals surface area contributed by atoms with Crippen molar-refractivity contribution in [1.29, 1.82) is 0 Å². The summed E-state index contributed by atoms with van der Waals surface area (Å²) in [5.74, 6) is 2.20. The lowest BCUT2D eigenvalue weighted by Crippen LogP contribution is -2.42. The molecule has 1 aliphatic heterocycles. The predicted octanol–water partition coefficient (Wildman–Crippen LogP) is 2.96. The predicted molar refractivity (Wildman–Crippen MR) is 113 cm³/mol. The van der Waals surface area contributed by atoms with E-state index in [-0.39, 0.29) is 17.9 Å². The number of nitrogens with zero attached hydrogens (tertiary/aromatic N) is 4. The maximum absolute atomic E-state index is 12.7. The normalized spacial score (nSPS) is 17.1. The van der Waals surface area contributed by atoms with Gasteiger partial charge in [-0.05, 0) is 44.0 Å². The number of carbonyl (C=O) groups is 2. The maximum atomic E-state index is 12.7. The maximum Gasteiger partial charge on any atom is 0.254 e. The van der Waals surface area contributed by atoms with Gasteiger partial charge in [-0.15, -0.1) is 0 Å². The van der Waals surface area contributed by atoms with Crippen LogP contribution in [0.5, 0.6) is 5.75 Å². The molecule has 30 heavy (non-hydrogen) atoms. The molecule has 7 heteroatoms. The molecule has 1 aliphatic carbocycles. The first kappa shape index (κ1) is 20.4. The monoisotopic (exact) mass is 410 g/mol. The van der Waals surface area contributed by atoms with Crippen molar-refractivity contribution < 1.29 is 14.3 Å². The molecule has 2 fully saturated rings. The second-order valence-electron chi connectivity index (χ2n) is 8.23. The van der Waals surface area contributed by atoms with Gasteiger partial charge in [0, 0.05) is 63.4 Å². The summed E-state index contributed by atoms with van der Waals surface area (Å²) in [5.41, 5.74) is 0.629. The van der Waals surface area contributed by atoms with Crippen molar-refractivity contribution in [2.45, 2.75) is 51.8 Å². The Hall–Kier alpha value is -2.83. The minimum Gasteiger partial charge on any atom is -0.490 e. The zero-order valence-electron chi connectivity index (χ0n) is 17.8. The van der Waals surface area contributed by atoms with E-state index in [0.717, 1.165) is 56.9 Å². The van der Waals surface area contributed by atoms with E-state index in [0.29, 0.717) is 18.0 Å². The number of carbonyl (C=O) groups excluding carboxylic acids is 2. The van der Waals surface area contributed by atoms with Crippen LogP contribution in [0.1, 0.15) is 48.8 Å². The highest BCUT2D eigenvalue weighted by atomic mass is 16.5. The molecule has 2 aromatic rings. The summed E-state index contributed by atoms with van der Waals surface area (Å²) in [7, 11) is 1.79. The molecule has 1 aromatic heterocycles. The molecule has 2 amide bonds. The summed E-state index contributed by atoms with van der Waals surface area (Å²) in [6.07, 6.45) is 7.61. The van der Waals surface area contributed by atoms with E-state index in [4.69, 9.17) is 4.74 Å². The molecular weight excluding hydrogens is 380 g/mol. The fourth-order valence-corrected chi connectivity index (χ4v) is 3.93. The molecule has 1 saturated carbocycles. The molecule has 7 nitrogen and oxygen atoms in total. The number of imidazole rings is 1. The molecule has 160 valence electrons. The summed E-state index contributed by atoms with van der Waals surface area (Å²) in [4.78, 5) is 32.9. The number of amides is 2. The fraction of sp³-hybridized carbons (Fsp3) is 0.522. The Morgan fingerprint density at radius 1 is 1.13 bits per heavy atom. The number of hydrogen-bond donors (Lipinski definition) is 0. The number of hydrogen-bond acceptors (Lipinski definition) is 4. The smallest absolute Gasteiger partial charge is 0.254 e. The highest BCUT2D eigenvalue weighted by Gasteiger charge is 2.35. The Kier molecular flexibility index (Phi) is 6.06. The van der Waals surface area contributed by atoms with Crippen molar-refractivity contribution in [3.8, 4) is 5.75 Å². The fourth-order valence-electron chi connectivity index (χ4n) is 3.93. The zero-order chi connectivity index (χ0) is 21.1. The average molecular weight is 411 g/mol. The molecule has 0 radical (unpaired) electrons. The number of likely N-dealkylation sites (tertiary alicyclic amines) is 1. The Labute approximate surface area is 177 Å². The number of aromatic nitrogens is 2. The highest BCUT2D eigenvalue weighted by Crippen LogP contribution is 2.32. The molecule has 4 rings (SSSR count). The molecule has 0 atom stereocenters. The molecule has 0 bridgehead atoms. The van der Waals surface area contributed by atoms with E-state index in [9.17, 15) is 9.59 Å². The third kappa shape index (κ3) is 4.66. The minimum absolute atomic E-state index is 0.0425. The SMILES string of the molecule is CCn1ccnc1CN(C)C(=O)c1ccc(OC2CCN(C(=O)C3CC3)CC2)cc1. The number of benzene rings is 1. The quantitative estimate of drug-likeness (QED) is 0.704. The van der Waals surface area contributed by atoms with Gasteiger partial charge in [-0.2, -0.15) is 0 Å². The van der Waals surface area contributed by atoms with Gasteiger partial charge in [0.1, 0.15) is 17.7 Å². The van der Waals surface area contributed by atoms with Crippen LogP contribution in [0.2, 0.25) is 0 Å². The first-order valence-electron chi connectivity index (χ1n) is 10.9. The molecule has 1 saturated heterocycles. The lowest BCUT2D eigenvalue weighted by molar-refractivity contribution is -0.134. The van der Waals surface area contributed by atoms with Crippen LogP contribution < -0.4 is 4.74 Å². The first-order chi connectivity index (χ1) is 14.5. The van der Waals surface area contributed by atoms with E-state index in [2.05, 4.69) is 11.9 Å². The lowest BCUT2D eigenvalue weighted by atomic mass is 10.1. The lowest BCUT2D eigenvalue weighted by Gasteiger charge is -2.32. The topological polar surface area (TPSA) is 67.7 Å². The summed E-state index contributed by atoms with van der Waals surface area (Å²) < 4.78 is 8.13. The highest BCUT2D eigenvalue weighted by molar-refractivity contribution is 5.94. The van der Waals surface area contributed by atoms with E-state index >= 15 is 0 Å². The Bertz CT molecular complexity index is 880. The summed E-state index contributed by atoms with van der Waals surface area (Å²) in [6, 6.07) is 7.34. The number of rotatable bonds is 7. The van der Waals surface area contributed by atoms with Crippen molar-refractivity contribution in [2.24, 2.45) is 5.92 Å². The summed E-state index contributed by atoms with van der Waals surface area (Å²) in [5, 5.41) is 0.